The van der Waals surface area contributed by atoms with Crippen molar-refractivity contribution in [3.63, 3.8) is 0 Å². The van der Waals surface area contributed by atoms with Gasteiger partial charge in [0.2, 0.25) is 5.78 Å². The lowest BCUT2D eigenvalue weighted by atomic mass is 9.64. The summed E-state index contributed by atoms with van der Waals surface area (Å²) in [6.07, 6.45) is 3.63. The maximum Gasteiger partial charge on any atom is 0.265 e. The van der Waals surface area contributed by atoms with Crippen molar-refractivity contribution in [1.29, 1.82) is 0 Å². The standard InChI is InChI=1S/C26H36N2O5Si/c1-25(2,3)34(6,7)33-19-15-11-14-18-21(28(4)5)22-20(23(29)26(18,19)30)24(27-32-22)31-16-17-12-9-8-10-13-17/h8-13,15,18-19,21,30H,14,16H2,1-7H3/t18-,19+,21-,26-/m0/s1. The molecule has 8 heteroatoms. The number of aromatic nitrogens is 1. The molecule has 0 amide bonds. The first kappa shape index (κ1) is 24.8. The van der Waals surface area contributed by atoms with Crippen molar-refractivity contribution in [2.24, 2.45) is 5.92 Å². The third-order valence-electron chi connectivity index (χ3n) is 7.63. The van der Waals surface area contributed by atoms with Crippen molar-refractivity contribution in [3.8, 4) is 5.88 Å². The van der Waals surface area contributed by atoms with Gasteiger partial charge >= 0.3 is 0 Å². The minimum Gasteiger partial charge on any atom is -0.470 e. The Bertz CT molecular complexity index is 1070. The second kappa shape index (κ2) is 8.75. The van der Waals surface area contributed by atoms with Crippen LogP contribution in [0.4, 0.5) is 0 Å². The Balaban J connectivity index is 1.75. The van der Waals surface area contributed by atoms with Crippen molar-refractivity contribution in [1.82, 2.24) is 10.1 Å². The zero-order valence-corrected chi connectivity index (χ0v) is 22.2. The number of Topliss-reactive ketones (excluding diaryl/α,β-unsaturated/α-hetero) is 1. The van der Waals surface area contributed by atoms with E-state index in [-0.39, 0.29) is 29.1 Å². The van der Waals surface area contributed by atoms with Gasteiger partial charge in [-0.3, -0.25) is 9.69 Å². The van der Waals surface area contributed by atoms with E-state index in [1.165, 1.54) is 0 Å². The summed E-state index contributed by atoms with van der Waals surface area (Å²) in [6.45, 7) is 10.9. The van der Waals surface area contributed by atoms with Crippen LogP contribution >= 0.6 is 0 Å². The molecule has 2 aliphatic carbocycles. The summed E-state index contributed by atoms with van der Waals surface area (Å²) in [5, 5.41) is 16.2. The number of allylic oxidation sites excluding steroid dienone is 1. The van der Waals surface area contributed by atoms with E-state index in [1.807, 2.05) is 61.5 Å². The van der Waals surface area contributed by atoms with Crippen LogP contribution in [0.1, 0.15) is 54.9 Å². The van der Waals surface area contributed by atoms with E-state index in [4.69, 9.17) is 13.7 Å². The molecule has 1 heterocycles. The lowest BCUT2D eigenvalue weighted by molar-refractivity contribution is -0.0931. The van der Waals surface area contributed by atoms with Crippen LogP contribution in [0.3, 0.4) is 0 Å². The van der Waals surface area contributed by atoms with Gasteiger partial charge in [-0.2, -0.15) is 0 Å². The fraction of sp³-hybridized carbons (Fsp3) is 0.538. The number of benzene rings is 1. The molecule has 1 aromatic heterocycles. The summed E-state index contributed by atoms with van der Waals surface area (Å²) in [4.78, 5) is 16.0. The molecule has 2 aliphatic rings. The SMILES string of the molecule is CN(C)[C@@H]1c2onc(OCc3ccccc3)c2C(=O)[C@@]2(O)[C@H](O[Si](C)(C)C(C)(C)C)C=CC[C@@H]12. The van der Waals surface area contributed by atoms with Crippen molar-refractivity contribution < 1.29 is 23.6 Å². The highest BCUT2D eigenvalue weighted by molar-refractivity contribution is 6.74. The van der Waals surface area contributed by atoms with Crippen LogP contribution in [0.5, 0.6) is 5.88 Å². The van der Waals surface area contributed by atoms with Gasteiger partial charge in [0.25, 0.3) is 5.88 Å². The molecule has 0 unspecified atom stereocenters. The third kappa shape index (κ3) is 4.06. The topological polar surface area (TPSA) is 85.0 Å². The molecule has 1 N–H and O–H groups in total. The average Bonchev–Trinajstić information content (AvgIpc) is 3.17. The highest BCUT2D eigenvalue weighted by atomic mass is 28.4. The monoisotopic (exact) mass is 484 g/mol. The number of carbonyl (C=O) groups is 1. The van der Waals surface area contributed by atoms with Gasteiger partial charge in [-0.1, -0.05) is 63.3 Å². The number of hydrogen-bond acceptors (Lipinski definition) is 7. The molecule has 0 spiro atoms. The molecule has 0 fully saturated rings. The lowest BCUT2D eigenvalue weighted by Crippen LogP contribution is -2.64. The Morgan fingerprint density at radius 1 is 1.24 bits per heavy atom. The van der Waals surface area contributed by atoms with Crippen LogP contribution < -0.4 is 4.74 Å². The summed E-state index contributed by atoms with van der Waals surface area (Å²) in [6, 6.07) is 9.31. The molecule has 4 atom stereocenters. The van der Waals surface area contributed by atoms with E-state index in [2.05, 4.69) is 39.0 Å². The van der Waals surface area contributed by atoms with E-state index in [9.17, 15) is 9.90 Å². The van der Waals surface area contributed by atoms with Gasteiger partial charge in [0, 0.05) is 5.92 Å². The predicted molar refractivity (Wildman–Crippen MR) is 132 cm³/mol. The van der Waals surface area contributed by atoms with Gasteiger partial charge in [0.1, 0.15) is 18.3 Å². The number of carbonyl (C=O) groups excluding carboxylic acids is 1. The minimum absolute atomic E-state index is 0.0743. The first-order valence-electron chi connectivity index (χ1n) is 11.8. The summed E-state index contributed by atoms with van der Waals surface area (Å²) in [7, 11) is 1.54. The highest BCUT2D eigenvalue weighted by Gasteiger charge is 2.62. The Morgan fingerprint density at radius 2 is 1.91 bits per heavy atom. The van der Waals surface area contributed by atoms with Crippen molar-refractivity contribution in [2.75, 3.05) is 14.1 Å². The molecule has 4 rings (SSSR count). The maximum absolute atomic E-state index is 14.0. The number of ether oxygens (including phenoxy) is 1. The van der Waals surface area contributed by atoms with Crippen LogP contribution in [-0.4, -0.2) is 55.1 Å². The molecule has 0 radical (unpaired) electrons. The molecule has 184 valence electrons. The van der Waals surface area contributed by atoms with Gasteiger partial charge in [0.05, 0.1) is 6.04 Å². The lowest BCUT2D eigenvalue weighted by Gasteiger charge is -2.51. The number of nitrogens with zero attached hydrogens (tertiary/aromatic N) is 2. The van der Waals surface area contributed by atoms with Gasteiger partial charge in [-0.25, -0.2) is 0 Å². The summed E-state index contributed by atoms with van der Waals surface area (Å²) < 4.78 is 18.3. The summed E-state index contributed by atoms with van der Waals surface area (Å²) in [5.41, 5.74) is -0.585. The number of rotatable bonds is 6. The smallest absolute Gasteiger partial charge is 0.265 e. The molecule has 0 aliphatic heterocycles. The first-order chi connectivity index (χ1) is 15.9. The van der Waals surface area contributed by atoms with Crippen LogP contribution in [0.25, 0.3) is 0 Å². The second-order valence-corrected chi connectivity index (χ2v) is 15.9. The van der Waals surface area contributed by atoms with Gasteiger partial charge in [-0.15, -0.1) is 0 Å². The zero-order chi connectivity index (χ0) is 24.9. The fourth-order valence-corrected chi connectivity index (χ4v) is 5.92. The van der Waals surface area contributed by atoms with Gasteiger partial charge in [-0.05, 0) is 49.4 Å². The number of fused-ring (bicyclic) bond motifs is 2. The molecule has 0 bridgehead atoms. The Morgan fingerprint density at radius 3 is 2.53 bits per heavy atom. The van der Waals surface area contributed by atoms with E-state index in [0.717, 1.165) is 5.56 Å². The van der Waals surface area contributed by atoms with E-state index in [0.29, 0.717) is 12.2 Å². The minimum atomic E-state index is -2.29. The van der Waals surface area contributed by atoms with Crippen molar-refractivity contribution >= 4 is 14.1 Å². The van der Waals surface area contributed by atoms with Crippen LogP contribution in [0.2, 0.25) is 18.1 Å². The number of ketones is 1. The van der Waals surface area contributed by atoms with Crippen LogP contribution in [-0.2, 0) is 11.0 Å². The molecule has 34 heavy (non-hydrogen) atoms. The molecule has 0 saturated carbocycles. The molecular formula is C26H36N2O5Si. The molecule has 7 nitrogen and oxygen atoms in total. The molecular weight excluding hydrogens is 448 g/mol. The van der Waals surface area contributed by atoms with E-state index < -0.39 is 31.7 Å². The predicted octanol–water partition coefficient (Wildman–Crippen LogP) is 4.75. The Hall–Kier alpha value is -2.26. The molecule has 0 saturated heterocycles. The van der Waals surface area contributed by atoms with Gasteiger partial charge < -0.3 is 18.8 Å². The number of aliphatic hydroxyl groups is 1. The summed E-state index contributed by atoms with van der Waals surface area (Å²) in [5.74, 6) is -0.322. The van der Waals surface area contributed by atoms with Crippen molar-refractivity contribution in [3.05, 3.63) is 59.4 Å². The normalized spacial score (nSPS) is 27.0. The largest absolute Gasteiger partial charge is 0.470 e. The average molecular weight is 485 g/mol. The number of hydrogen-bond donors (Lipinski definition) is 1. The van der Waals surface area contributed by atoms with Crippen LogP contribution in [0.15, 0.2) is 47.0 Å². The maximum atomic E-state index is 14.0. The van der Waals surface area contributed by atoms with E-state index in [1.54, 1.807) is 0 Å². The third-order valence-corrected chi connectivity index (χ3v) is 12.1. The Kier molecular flexibility index (Phi) is 6.39. The fourth-order valence-electron chi connectivity index (χ4n) is 4.68. The highest BCUT2D eigenvalue weighted by Crippen LogP contribution is 2.52. The van der Waals surface area contributed by atoms with Gasteiger partial charge in [0.15, 0.2) is 19.7 Å². The molecule has 2 aromatic rings. The van der Waals surface area contributed by atoms with E-state index >= 15 is 0 Å². The first-order valence-corrected chi connectivity index (χ1v) is 14.7. The van der Waals surface area contributed by atoms with Crippen molar-refractivity contribution in [2.45, 2.75) is 69.7 Å². The quantitative estimate of drug-likeness (QED) is 0.468. The van der Waals surface area contributed by atoms with Crippen LogP contribution in [0, 0.1) is 5.92 Å². The summed E-state index contributed by atoms with van der Waals surface area (Å²) >= 11 is 0. The zero-order valence-electron chi connectivity index (χ0n) is 21.2. The second-order valence-electron chi connectivity index (χ2n) is 11.1. The Labute approximate surface area is 202 Å². The molecule has 1 aromatic carbocycles.